The number of nitrogens with one attached hydrogen (secondary N) is 1. The molecule has 2 N–H and O–H groups in total. The number of nitro groups is 1. The summed E-state index contributed by atoms with van der Waals surface area (Å²) in [4.78, 5) is 21.9. The number of non-ortho nitro benzene ring substituents is 1. The Balaban J connectivity index is 0.00000162. The lowest BCUT2D eigenvalue weighted by atomic mass is 9.89. The molecular weight excluding hydrogens is 256 g/mol. The van der Waals surface area contributed by atoms with Crippen molar-refractivity contribution >= 4 is 23.6 Å². The first-order valence-corrected chi connectivity index (χ1v) is 5.69. The quantitative estimate of drug-likeness (QED) is 0.498. The second-order valence-electron chi connectivity index (χ2n) is 4.04. The van der Waals surface area contributed by atoms with Gasteiger partial charge in [0.2, 0.25) is 0 Å². The summed E-state index contributed by atoms with van der Waals surface area (Å²) in [5, 5.41) is 19.6. The highest BCUT2D eigenvalue weighted by molar-refractivity contribution is 7.97. The smallest absolute Gasteiger partial charge is 0.305 e. The van der Waals surface area contributed by atoms with Crippen LogP contribution in [0.5, 0.6) is 0 Å². The van der Waals surface area contributed by atoms with E-state index in [-0.39, 0.29) is 19.5 Å². The van der Waals surface area contributed by atoms with E-state index in [1.54, 1.807) is 13.0 Å². The number of rotatable bonds is 3. The van der Waals surface area contributed by atoms with Gasteiger partial charge in [-0.1, -0.05) is 7.43 Å². The lowest BCUT2D eigenvalue weighted by Gasteiger charge is -2.22. The SMILES string of the molecule is C.CC1(CC(=O)O)NSc2ccc([N+](=O)[O-])cc21. The third kappa shape index (κ3) is 2.46. The number of carbonyl (C=O) groups is 1. The number of nitrogens with zero attached hydrogens (tertiary/aromatic N) is 1. The van der Waals surface area contributed by atoms with Crippen LogP contribution in [0.3, 0.4) is 0 Å². The van der Waals surface area contributed by atoms with Crippen molar-refractivity contribution in [2.75, 3.05) is 0 Å². The zero-order chi connectivity index (χ0) is 12.6. The Morgan fingerprint density at radius 2 is 2.28 bits per heavy atom. The molecule has 0 saturated heterocycles. The van der Waals surface area contributed by atoms with Gasteiger partial charge in [-0.3, -0.25) is 14.9 Å². The fraction of sp³-hybridized carbons (Fsp3) is 0.364. The predicted molar refractivity (Wildman–Crippen MR) is 68.4 cm³/mol. The van der Waals surface area contributed by atoms with Crippen LogP contribution in [0.4, 0.5) is 5.69 Å². The van der Waals surface area contributed by atoms with Gasteiger partial charge in [0.05, 0.1) is 16.9 Å². The number of aliphatic carboxylic acids is 1. The summed E-state index contributed by atoms with van der Waals surface area (Å²) in [5.74, 6) is -0.944. The van der Waals surface area contributed by atoms with Crippen LogP contribution in [0.15, 0.2) is 23.1 Å². The highest BCUT2D eigenvalue weighted by Crippen LogP contribution is 2.42. The highest BCUT2D eigenvalue weighted by Gasteiger charge is 2.38. The van der Waals surface area contributed by atoms with Crippen LogP contribution in [0, 0.1) is 10.1 Å². The summed E-state index contributed by atoms with van der Waals surface area (Å²) >= 11 is 1.30. The fourth-order valence-corrected chi connectivity index (χ4v) is 2.86. The number of carboxylic acid groups (broad SMARTS) is 1. The third-order valence-electron chi connectivity index (χ3n) is 2.66. The normalized spacial score (nSPS) is 20.9. The van der Waals surface area contributed by atoms with Gasteiger partial charge >= 0.3 is 5.97 Å². The number of nitro benzene ring substituents is 1. The van der Waals surface area contributed by atoms with Gasteiger partial charge in [-0.25, -0.2) is 4.72 Å². The zero-order valence-electron chi connectivity index (χ0n) is 8.97. The molecule has 1 aromatic carbocycles. The van der Waals surface area contributed by atoms with E-state index < -0.39 is 16.4 Å². The van der Waals surface area contributed by atoms with Crippen molar-refractivity contribution in [2.45, 2.75) is 31.2 Å². The molecule has 1 aliphatic rings. The zero-order valence-corrected chi connectivity index (χ0v) is 9.78. The van der Waals surface area contributed by atoms with Crippen molar-refractivity contribution in [1.29, 1.82) is 0 Å². The second-order valence-corrected chi connectivity index (χ2v) is 4.89. The topological polar surface area (TPSA) is 92.5 Å². The number of benzene rings is 1. The van der Waals surface area contributed by atoms with Crippen molar-refractivity contribution in [1.82, 2.24) is 4.72 Å². The monoisotopic (exact) mass is 270 g/mol. The Kier molecular flexibility index (Phi) is 3.98. The number of fused-ring (bicyclic) bond motifs is 1. The van der Waals surface area contributed by atoms with Crippen molar-refractivity contribution < 1.29 is 14.8 Å². The van der Waals surface area contributed by atoms with Gasteiger partial charge in [-0.2, -0.15) is 0 Å². The third-order valence-corrected chi connectivity index (χ3v) is 3.79. The van der Waals surface area contributed by atoms with Gasteiger partial charge in [-0.15, -0.1) is 0 Å². The average Bonchev–Trinajstić information content (AvgIpc) is 2.55. The molecule has 2 rings (SSSR count). The Bertz CT molecular complexity index is 506. The average molecular weight is 270 g/mol. The van der Waals surface area contributed by atoms with Crippen LogP contribution in [0.2, 0.25) is 0 Å². The minimum absolute atomic E-state index is 0. The van der Waals surface area contributed by atoms with E-state index in [0.717, 1.165) is 4.90 Å². The van der Waals surface area contributed by atoms with E-state index in [1.165, 1.54) is 24.1 Å². The molecule has 7 heteroatoms. The molecule has 6 nitrogen and oxygen atoms in total. The molecule has 1 unspecified atom stereocenters. The van der Waals surface area contributed by atoms with E-state index in [4.69, 9.17) is 5.11 Å². The molecule has 98 valence electrons. The molecule has 1 aliphatic heterocycles. The molecule has 0 aromatic heterocycles. The lowest BCUT2D eigenvalue weighted by Crippen LogP contribution is -2.33. The molecule has 1 aromatic rings. The molecule has 1 atom stereocenters. The van der Waals surface area contributed by atoms with Gasteiger partial charge < -0.3 is 5.11 Å². The Hall–Kier alpha value is -1.60. The van der Waals surface area contributed by atoms with E-state index in [1.807, 2.05) is 0 Å². The van der Waals surface area contributed by atoms with Gasteiger partial charge in [0.15, 0.2) is 0 Å². The molecule has 0 amide bonds. The number of carboxylic acids is 1. The first kappa shape index (κ1) is 14.5. The fourth-order valence-electron chi connectivity index (χ4n) is 1.81. The van der Waals surface area contributed by atoms with Gasteiger partial charge in [0.1, 0.15) is 0 Å². The molecule has 18 heavy (non-hydrogen) atoms. The van der Waals surface area contributed by atoms with Crippen LogP contribution in [-0.2, 0) is 10.3 Å². The standard InChI is InChI=1S/C10H10N2O4S.CH4/c1-10(5-9(13)14)7-4-6(12(15)16)2-3-8(7)17-11-10;/h2-4,11H,5H2,1H3,(H,13,14);1H4. The minimum atomic E-state index is -0.944. The number of hydrogen-bond acceptors (Lipinski definition) is 5. The molecular formula is C11H14N2O4S. The molecule has 0 bridgehead atoms. The summed E-state index contributed by atoms with van der Waals surface area (Å²) in [6.45, 7) is 1.73. The van der Waals surface area contributed by atoms with Gasteiger partial charge in [0, 0.05) is 17.0 Å². The Labute approximate surface area is 109 Å². The number of hydrogen-bond donors (Lipinski definition) is 2. The Morgan fingerprint density at radius 1 is 1.61 bits per heavy atom. The minimum Gasteiger partial charge on any atom is -0.481 e. The summed E-state index contributed by atoms with van der Waals surface area (Å²) in [6, 6.07) is 4.49. The molecule has 0 aliphatic carbocycles. The van der Waals surface area contributed by atoms with Gasteiger partial charge in [-0.05, 0) is 30.5 Å². The van der Waals surface area contributed by atoms with Crippen molar-refractivity contribution in [3.05, 3.63) is 33.9 Å². The molecule has 1 heterocycles. The maximum Gasteiger partial charge on any atom is 0.305 e. The van der Waals surface area contributed by atoms with Crippen LogP contribution in [-0.4, -0.2) is 16.0 Å². The molecule has 0 radical (unpaired) electrons. The maximum absolute atomic E-state index is 10.8. The van der Waals surface area contributed by atoms with Crippen molar-refractivity contribution in [3.8, 4) is 0 Å². The maximum atomic E-state index is 10.8. The van der Waals surface area contributed by atoms with E-state index in [2.05, 4.69) is 4.72 Å². The molecule has 0 saturated carbocycles. The summed E-state index contributed by atoms with van der Waals surface area (Å²) in [5.41, 5.74) is -0.124. The summed E-state index contributed by atoms with van der Waals surface area (Å²) in [7, 11) is 0. The lowest BCUT2D eigenvalue weighted by molar-refractivity contribution is -0.385. The van der Waals surface area contributed by atoms with Gasteiger partial charge in [0.25, 0.3) is 5.69 Å². The summed E-state index contributed by atoms with van der Waals surface area (Å²) < 4.78 is 3.01. The van der Waals surface area contributed by atoms with Crippen molar-refractivity contribution in [2.24, 2.45) is 0 Å². The largest absolute Gasteiger partial charge is 0.481 e. The molecule has 0 spiro atoms. The van der Waals surface area contributed by atoms with Crippen LogP contribution in [0.1, 0.15) is 26.3 Å². The molecule has 0 fully saturated rings. The highest BCUT2D eigenvalue weighted by atomic mass is 32.2. The van der Waals surface area contributed by atoms with E-state index in [9.17, 15) is 14.9 Å². The van der Waals surface area contributed by atoms with Crippen LogP contribution < -0.4 is 4.72 Å². The first-order chi connectivity index (χ1) is 7.92. The summed E-state index contributed by atoms with van der Waals surface area (Å²) in [6.07, 6.45) is -0.117. The second kappa shape index (κ2) is 4.95. The van der Waals surface area contributed by atoms with Crippen LogP contribution in [0.25, 0.3) is 0 Å². The van der Waals surface area contributed by atoms with Crippen molar-refractivity contribution in [3.63, 3.8) is 0 Å². The predicted octanol–water partition coefficient (Wildman–Crippen LogP) is 2.53. The van der Waals surface area contributed by atoms with E-state index >= 15 is 0 Å². The van der Waals surface area contributed by atoms with Crippen LogP contribution >= 0.6 is 11.9 Å². The van der Waals surface area contributed by atoms with E-state index in [0.29, 0.717) is 5.56 Å². The first-order valence-electron chi connectivity index (χ1n) is 4.87. The Morgan fingerprint density at radius 3 is 2.83 bits per heavy atom.